The summed E-state index contributed by atoms with van der Waals surface area (Å²) >= 11 is 5.89. The van der Waals surface area contributed by atoms with E-state index in [1.54, 1.807) is 54.6 Å². The fraction of sp³-hybridized carbons (Fsp3) is 0.276. The lowest BCUT2D eigenvalue weighted by atomic mass is 10.0. The number of nitro groups is 1. The number of ether oxygens (including phenoxy) is 2. The van der Waals surface area contributed by atoms with E-state index >= 15 is 0 Å². The van der Waals surface area contributed by atoms with Crippen LogP contribution in [0.2, 0.25) is 5.02 Å². The maximum absolute atomic E-state index is 12.8. The Balaban J connectivity index is 1.63. The summed E-state index contributed by atoms with van der Waals surface area (Å²) in [4.78, 5) is 35.9. The van der Waals surface area contributed by atoms with Crippen LogP contribution in [0.5, 0.6) is 11.5 Å². The smallest absolute Gasteiger partial charge is 0.269 e. The number of nitro benzene ring substituents is 1. The molecule has 0 aliphatic carbocycles. The summed E-state index contributed by atoms with van der Waals surface area (Å²) in [5, 5.41) is 18.2. The normalized spacial score (nSPS) is 11.7. The van der Waals surface area contributed by atoms with Crippen LogP contribution in [0, 0.1) is 16.0 Å². The maximum atomic E-state index is 12.8. The van der Waals surface area contributed by atoms with Crippen molar-refractivity contribution in [1.29, 1.82) is 0 Å². The summed E-state index contributed by atoms with van der Waals surface area (Å²) in [6.07, 6.45) is 1.89. The molecule has 40 heavy (non-hydrogen) atoms. The topological polar surface area (TPSA) is 132 Å². The first-order chi connectivity index (χ1) is 19.2. The highest BCUT2D eigenvalue weighted by atomic mass is 35.5. The van der Waals surface area contributed by atoms with Crippen molar-refractivity contribution >= 4 is 35.3 Å². The third kappa shape index (κ3) is 9.09. The van der Waals surface area contributed by atoms with Gasteiger partial charge < -0.3 is 14.8 Å². The first-order valence-electron chi connectivity index (χ1n) is 12.7. The van der Waals surface area contributed by atoms with Crippen molar-refractivity contribution < 1.29 is 24.0 Å². The van der Waals surface area contributed by atoms with Crippen molar-refractivity contribution in [2.75, 3.05) is 6.61 Å². The Morgan fingerprint density at radius 3 is 2.35 bits per heavy atom. The standard InChI is InChI=1S/C29H31ClN4O6/c1-4-39-27-16-21(7-14-26(27)40-18-20-5-12-24(13-6-20)34(37)38)17-31-33-29(36)25(15-19(2)3)32-28(35)22-8-10-23(30)11-9-22/h5-14,16-17,19,25H,4,15,18H2,1-3H3,(H,32,35)(H,33,36)/b31-17+. The average Bonchev–Trinajstić information content (AvgIpc) is 2.92. The van der Waals surface area contributed by atoms with Crippen LogP contribution in [0.25, 0.3) is 0 Å². The van der Waals surface area contributed by atoms with Crippen molar-refractivity contribution in [3.05, 3.63) is 98.6 Å². The lowest BCUT2D eigenvalue weighted by Crippen LogP contribution is -2.46. The van der Waals surface area contributed by atoms with Gasteiger partial charge in [-0.2, -0.15) is 5.10 Å². The number of carbonyl (C=O) groups is 2. The molecule has 0 bridgehead atoms. The number of nitrogens with zero attached hydrogens (tertiary/aromatic N) is 2. The molecule has 10 nitrogen and oxygen atoms in total. The monoisotopic (exact) mass is 566 g/mol. The summed E-state index contributed by atoms with van der Waals surface area (Å²) in [7, 11) is 0. The average molecular weight is 567 g/mol. The molecule has 3 aromatic carbocycles. The quantitative estimate of drug-likeness (QED) is 0.159. The molecule has 0 heterocycles. The number of halogens is 1. The molecule has 11 heteroatoms. The van der Waals surface area contributed by atoms with Crippen molar-refractivity contribution in [2.45, 2.75) is 39.8 Å². The SMILES string of the molecule is CCOc1cc(/C=N/NC(=O)C(CC(C)C)NC(=O)c2ccc(Cl)cc2)ccc1OCc1ccc([N+](=O)[O-])cc1. The predicted octanol–water partition coefficient (Wildman–Crippen LogP) is 5.52. The molecule has 0 saturated carbocycles. The Morgan fingerprint density at radius 2 is 1.73 bits per heavy atom. The van der Waals surface area contributed by atoms with Crippen LogP contribution in [0.4, 0.5) is 5.69 Å². The van der Waals surface area contributed by atoms with Gasteiger partial charge in [-0.15, -0.1) is 0 Å². The molecular weight excluding hydrogens is 536 g/mol. The third-order valence-corrected chi connectivity index (χ3v) is 5.88. The van der Waals surface area contributed by atoms with Crippen molar-refractivity contribution in [1.82, 2.24) is 10.7 Å². The zero-order valence-electron chi connectivity index (χ0n) is 22.4. The number of amides is 2. The molecule has 210 valence electrons. The van der Waals surface area contributed by atoms with Gasteiger partial charge in [0, 0.05) is 22.7 Å². The van der Waals surface area contributed by atoms with Gasteiger partial charge in [-0.25, -0.2) is 5.43 Å². The second-order valence-corrected chi connectivity index (χ2v) is 9.68. The number of hydrogen-bond donors (Lipinski definition) is 2. The number of hydrazone groups is 1. The van der Waals surface area contributed by atoms with Gasteiger partial charge in [-0.1, -0.05) is 25.4 Å². The number of benzene rings is 3. The van der Waals surface area contributed by atoms with E-state index in [4.69, 9.17) is 21.1 Å². The van der Waals surface area contributed by atoms with Crippen LogP contribution in [0.15, 0.2) is 71.8 Å². The highest BCUT2D eigenvalue weighted by molar-refractivity contribution is 6.30. The summed E-state index contributed by atoms with van der Waals surface area (Å²) < 4.78 is 11.6. The minimum Gasteiger partial charge on any atom is -0.490 e. The Hall–Kier alpha value is -4.44. The Labute approximate surface area is 237 Å². The van der Waals surface area contributed by atoms with Crippen LogP contribution >= 0.6 is 11.6 Å². The van der Waals surface area contributed by atoms with E-state index in [9.17, 15) is 19.7 Å². The lowest BCUT2D eigenvalue weighted by molar-refractivity contribution is -0.384. The van der Waals surface area contributed by atoms with E-state index in [-0.39, 0.29) is 24.1 Å². The molecule has 0 radical (unpaired) electrons. The summed E-state index contributed by atoms with van der Waals surface area (Å²) in [6, 6.07) is 16.9. The van der Waals surface area contributed by atoms with Crippen LogP contribution < -0.4 is 20.2 Å². The highest BCUT2D eigenvalue weighted by Gasteiger charge is 2.22. The fourth-order valence-electron chi connectivity index (χ4n) is 3.66. The fourth-order valence-corrected chi connectivity index (χ4v) is 3.79. The summed E-state index contributed by atoms with van der Waals surface area (Å²) in [5.41, 5.74) is 4.32. The van der Waals surface area contributed by atoms with Crippen LogP contribution in [-0.2, 0) is 11.4 Å². The number of carbonyl (C=O) groups excluding carboxylic acids is 2. The van der Waals surface area contributed by atoms with Crippen molar-refractivity contribution in [3.8, 4) is 11.5 Å². The molecule has 0 aromatic heterocycles. The maximum Gasteiger partial charge on any atom is 0.269 e. The van der Waals surface area contributed by atoms with E-state index in [0.29, 0.717) is 40.7 Å². The van der Waals surface area contributed by atoms with Gasteiger partial charge in [0.1, 0.15) is 12.6 Å². The molecule has 0 aliphatic rings. The Morgan fingerprint density at radius 1 is 1.02 bits per heavy atom. The van der Waals surface area contributed by atoms with Crippen molar-refractivity contribution in [3.63, 3.8) is 0 Å². The van der Waals surface area contributed by atoms with Gasteiger partial charge in [0.15, 0.2) is 11.5 Å². The van der Waals surface area contributed by atoms with E-state index in [0.717, 1.165) is 5.56 Å². The zero-order valence-corrected chi connectivity index (χ0v) is 23.2. The predicted molar refractivity (Wildman–Crippen MR) is 153 cm³/mol. The number of hydrogen-bond acceptors (Lipinski definition) is 7. The van der Waals surface area contributed by atoms with Gasteiger partial charge in [-0.3, -0.25) is 19.7 Å². The molecule has 2 amide bonds. The second-order valence-electron chi connectivity index (χ2n) is 9.25. The Bertz CT molecular complexity index is 1340. The van der Waals surface area contributed by atoms with Gasteiger partial charge in [0.2, 0.25) is 0 Å². The summed E-state index contributed by atoms with van der Waals surface area (Å²) in [5.74, 6) is 0.293. The third-order valence-electron chi connectivity index (χ3n) is 5.63. The van der Waals surface area contributed by atoms with Gasteiger partial charge in [-0.05, 0) is 85.0 Å². The molecule has 3 rings (SSSR count). The number of rotatable bonds is 13. The van der Waals surface area contributed by atoms with Crippen LogP contribution in [0.1, 0.15) is 48.7 Å². The largest absolute Gasteiger partial charge is 0.490 e. The molecule has 0 fully saturated rings. The molecule has 1 unspecified atom stereocenters. The molecule has 0 spiro atoms. The number of nitrogens with one attached hydrogen (secondary N) is 2. The van der Waals surface area contributed by atoms with E-state index < -0.39 is 16.9 Å². The van der Waals surface area contributed by atoms with Gasteiger partial charge in [0.25, 0.3) is 17.5 Å². The second kappa shape index (κ2) is 14.6. The minimum absolute atomic E-state index is 0.00829. The highest BCUT2D eigenvalue weighted by Crippen LogP contribution is 2.29. The molecule has 0 aliphatic heterocycles. The Kier molecular flexibility index (Phi) is 11.0. The van der Waals surface area contributed by atoms with Gasteiger partial charge in [0.05, 0.1) is 17.7 Å². The van der Waals surface area contributed by atoms with E-state index in [1.807, 2.05) is 20.8 Å². The molecule has 0 saturated heterocycles. The first kappa shape index (κ1) is 30.1. The molecule has 3 aromatic rings. The van der Waals surface area contributed by atoms with Crippen molar-refractivity contribution in [2.24, 2.45) is 11.0 Å². The zero-order chi connectivity index (χ0) is 29.1. The lowest BCUT2D eigenvalue weighted by Gasteiger charge is -2.19. The molecule has 1 atom stereocenters. The molecular formula is C29H31ClN4O6. The van der Waals surface area contributed by atoms with Crippen LogP contribution in [0.3, 0.4) is 0 Å². The van der Waals surface area contributed by atoms with Crippen LogP contribution in [-0.4, -0.2) is 35.6 Å². The van der Waals surface area contributed by atoms with E-state index in [2.05, 4.69) is 15.8 Å². The van der Waals surface area contributed by atoms with Gasteiger partial charge >= 0.3 is 0 Å². The first-order valence-corrected chi connectivity index (χ1v) is 13.1. The molecule has 2 N–H and O–H groups in total. The number of non-ortho nitro benzene ring substituents is 1. The minimum atomic E-state index is -0.783. The van der Waals surface area contributed by atoms with E-state index in [1.165, 1.54) is 18.3 Å². The summed E-state index contributed by atoms with van der Waals surface area (Å²) in [6.45, 7) is 6.35.